The van der Waals surface area contributed by atoms with E-state index in [4.69, 9.17) is 5.73 Å². The zero-order valence-electron chi connectivity index (χ0n) is 9.16. The van der Waals surface area contributed by atoms with Crippen LogP contribution in [0.1, 0.15) is 11.1 Å². The molecule has 0 saturated heterocycles. The average Bonchev–Trinajstić information content (AvgIpc) is 2.27. The van der Waals surface area contributed by atoms with Gasteiger partial charge in [0.2, 0.25) is 5.91 Å². The topological polar surface area (TPSA) is 56.0 Å². The first-order valence-electron chi connectivity index (χ1n) is 5.11. The molecule has 0 aliphatic carbocycles. The first-order chi connectivity index (χ1) is 8.38. The molecule has 0 unspecified atom stereocenters. The van der Waals surface area contributed by atoms with E-state index in [2.05, 4.69) is 4.98 Å². The molecule has 3 nitrogen and oxygen atoms in total. The molecular weight excluding hydrogens is 245 g/mol. The molecule has 1 heterocycles. The van der Waals surface area contributed by atoms with Gasteiger partial charge in [0.1, 0.15) is 0 Å². The number of amides is 1. The molecule has 0 radical (unpaired) electrons. The van der Waals surface area contributed by atoms with E-state index in [9.17, 15) is 18.0 Å². The number of carbonyl (C=O) groups is 1. The second-order valence-corrected chi connectivity index (χ2v) is 3.84. The first-order valence-corrected chi connectivity index (χ1v) is 5.11. The number of benzene rings is 1. The van der Waals surface area contributed by atoms with Gasteiger partial charge in [-0.1, -0.05) is 6.07 Å². The van der Waals surface area contributed by atoms with E-state index >= 15 is 0 Å². The maximum Gasteiger partial charge on any atom is 0.416 e. The maximum atomic E-state index is 12.5. The average molecular weight is 254 g/mol. The number of hydrogen-bond donors (Lipinski definition) is 1. The molecule has 2 aromatic rings. The van der Waals surface area contributed by atoms with Crippen LogP contribution in [0, 0.1) is 0 Å². The largest absolute Gasteiger partial charge is 0.416 e. The molecule has 1 aromatic heterocycles. The zero-order valence-corrected chi connectivity index (χ0v) is 9.16. The third kappa shape index (κ3) is 2.42. The van der Waals surface area contributed by atoms with Crippen molar-refractivity contribution in [1.29, 1.82) is 0 Å². The van der Waals surface area contributed by atoms with Crippen molar-refractivity contribution in [3.8, 4) is 0 Å². The molecule has 0 spiro atoms. The fourth-order valence-corrected chi connectivity index (χ4v) is 1.73. The number of nitrogens with two attached hydrogens (primary N) is 1. The molecule has 1 aromatic carbocycles. The molecular formula is C12H9F3N2O. The maximum absolute atomic E-state index is 12.5. The number of aromatic nitrogens is 1. The normalized spacial score (nSPS) is 11.7. The summed E-state index contributed by atoms with van der Waals surface area (Å²) in [4.78, 5) is 14.7. The van der Waals surface area contributed by atoms with Gasteiger partial charge in [0.15, 0.2) is 0 Å². The van der Waals surface area contributed by atoms with Crippen molar-refractivity contribution >= 4 is 16.8 Å². The van der Waals surface area contributed by atoms with Gasteiger partial charge < -0.3 is 5.73 Å². The van der Waals surface area contributed by atoms with E-state index in [1.54, 1.807) is 6.07 Å². The Balaban J connectivity index is 2.57. The van der Waals surface area contributed by atoms with Crippen LogP contribution >= 0.6 is 0 Å². The Hall–Kier alpha value is -2.11. The van der Waals surface area contributed by atoms with Crippen LogP contribution in [0.15, 0.2) is 30.5 Å². The number of hydrogen-bond acceptors (Lipinski definition) is 2. The molecule has 0 aliphatic rings. The van der Waals surface area contributed by atoms with E-state index in [0.717, 1.165) is 12.1 Å². The van der Waals surface area contributed by atoms with Gasteiger partial charge >= 0.3 is 6.18 Å². The lowest BCUT2D eigenvalue weighted by molar-refractivity contribution is -0.137. The molecule has 18 heavy (non-hydrogen) atoms. The Morgan fingerprint density at radius 3 is 2.61 bits per heavy atom. The van der Waals surface area contributed by atoms with Gasteiger partial charge in [-0.15, -0.1) is 0 Å². The number of alkyl halides is 3. The molecule has 0 fully saturated rings. The quantitative estimate of drug-likeness (QED) is 0.893. The summed E-state index contributed by atoms with van der Waals surface area (Å²) in [5.74, 6) is -0.539. The summed E-state index contributed by atoms with van der Waals surface area (Å²) in [6, 6.07) is 4.80. The van der Waals surface area contributed by atoms with E-state index in [0.29, 0.717) is 10.9 Å². The van der Waals surface area contributed by atoms with Gasteiger partial charge in [-0.3, -0.25) is 9.78 Å². The van der Waals surface area contributed by atoms with Crippen LogP contribution < -0.4 is 5.73 Å². The zero-order chi connectivity index (χ0) is 13.3. The van der Waals surface area contributed by atoms with Gasteiger partial charge in [0, 0.05) is 11.6 Å². The number of fused-ring (bicyclic) bond motifs is 1. The predicted octanol–water partition coefficient (Wildman–Crippen LogP) is 2.28. The van der Waals surface area contributed by atoms with Gasteiger partial charge in [-0.05, 0) is 23.8 Å². The van der Waals surface area contributed by atoms with Crippen molar-refractivity contribution < 1.29 is 18.0 Å². The van der Waals surface area contributed by atoms with Crippen LogP contribution in [-0.4, -0.2) is 10.9 Å². The molecule has 0 atom stereocenters. The fraction of sp³-hybridized carbons (Fsp3) is 0.167. The van der Waals surface area contributed by atoms with Crippen LogP contribution in [0.3, 0.4) is 0 Å². The molecule has 6 heteroatoms. The molecule has 0 saturated carbocycles. The van der Waals surface area contributed by atoms with Crippen LogP contribution in [-0.2, 0) is 17.4 Å². The van der Waals surface area contributed by atoms with Crippen LogP contribution in [0.4, 0.5) is 13.2 Å². The third-order valence-corrected chi connectivity index (χ3v) is 2.53. The third-order valence-electron chi connectivity index (χ3n) is 2.53. The summed E-state index contributed by atoms with van der Waals surface area (Å²) < 4.78 is 37.6. The highest BCUT2D eigenvalue weighted by atomic mass is 19.4. The number of carbonyl (C=O) groups excluding carboxylic acids is 1. The molecule has 1 amide bonds. The van der Waals surface area contributed by atoms with Crippen LogP contribution in [0.2, 0.25) is 0 Å². The lowest BCUT2D eigenvalue weighted by atomic mass is 10.0. The monoisotopic (exact) mass is 254 g/mol. The Bertz CT molecular complexity index is 608. The summed E-state index contributed by atoms with van der Waals surface area (Å²) in [6.07, 6.45) is -3.07. The molecule has 2 rings (SSSR count). The Morgan fingerprint density at radius 1 is 1.28 bits per heavy atom. The fourth-order valence-electron chi connectivity index (χ4n) is 1.73. The molecule has 94 valence electrons. The highest BCUT2D eigenvalue weighted by Crippen LogP contribution is 2.31. The van der Waals surface area contributed by atoms with E-state index in [-0.39, 0.29) is 11.9 Å². The first kappa shape index (κ1) is 12.3. The smallest absolute Gasteiger partial charge is 0.369 e. The van der Waals surface area contributed by atoms with Crippen LogP contribution in [0.25, 0.3) is 10.9 Å². The minimum Gasteiger partial charge on any atom is -0.369 e. The lowest BCUT2D eigenvalue weighted by Gasteiger charge is -2.09. The van der Waals surface area contributed by atoms with Crippen molar-refractivity contribution in [2.24, 2.45) is 5.73 Å². The van der Waals surface area contributed by atoms with Crippen molar-refractivity contribution in [3.63, 3.8) is 0 Å². The summed E-state index contributed by atoms with van der Waals surface area (Å²) in [6.45, 7) is 0. The SMILES string of the molecule is NC(=O)Cc1ccnc2cc(C(F)(F)F)ccc12. The van der Waals surface area contributed by atoms with Gasteiger partial charge in [-0.25, -0.2) is 0 Å². The van der Waals surface area contributed by atoms with Crippen molar-refractivity contribution in [1.82, 2.24) is 4.98 Å². The predicted molar refractivity (Wildman–Crippen MR) is 59.6 cm³/mol. The van der Waals surface area contributed by atoms with E-state index in [1.165, 1.54) is 12.3 Å². The van der Waals surface area contributed by atoms with E-state index in [1.807, 2.05) is 0 Å². The summed E-state index contributed by atoms with van der Waals surface area (Å²) in [5.41, 5.74) is 5.08. The minimum atomic E-state index is -4.41. The number of halogens is 3. The molecule has 0 aliphatic heterocycles. The highest BCUT2D eigenvalue weighted by Gasteiger charge is 2.30. The Labute approximate surface area is 100 Å². The second kappa shape index (κ2) is 4.29. The molecule has 0 bridgehead atoms. The van der Waals surface area contributed by atoms with Crippen molar-refractivity contribution in [3.05, 3.63) is 41.6 Å². The van der Waals surface area contributed by atoms with Crippen LogP contribution in [0.5, 0.6) is 0 Å². The standard InChI is InChI=1S/C12H9F3N2O/c13-12(14,15)8-1-2-9-7(5-11(16)18)3-4-17-10(9)6-8/h1-4,6H,5H2,(H2,16,18). The number of nitrogens with zero attached hydrogens (tertiary/aromatic N) is 1. The minimum absolute atomic E-state index is 0.0234. The summed E-state index contributed by atoms with van der Waals surface area (Å²) in [5, 5.41) is 0.504. The number of pyridine rings is 1. The lowest BCUT2D eigenvalue weighted by Crippen LogP contribution is -2.14. The number of rotatable bonds is 2. The molecule has 2 N–H and O–H groups in total. The second-order valence-electron chi connectivity index (χ2n) is 3.84. The van der Waals surface area contributed by atoms with Crippen molar-refractivity contribution in [2.75, 3.05) is 0 Å². The van der Waals surface area contributed by atoms with Crippen molar-refractivity contribution in [2.45, 2.75) is 12.6 Å². The Kier molecular flexibility index (Phi) is 2.94. The van der Waals surface area contributed by atoms with E-state index < -0.39 is 17.6 Å². The summed E-state index contributed by atoms with van der Waals surface area (Å²) >= 11 is 0. The summed E-state index contributed by atoms with van der Waals surface area (Å²) in [7, 11) is 0. The van der Waals surface area contributed by atoms with Gasteiger partial charge in [0.05, 0.1) is 17.5 Å². The number of primary amides is 1. The highest BCUT2D eigenvalue weighted by molar-refractivity contribution is 5.87. The van der Waals surface area contributed by atoms with Gasteiger partial charge in [0.25, 0.3) is 0 Å². The van der Waals surface area contributed by atoms with Gasteiger partial charge in [-0.2, -0.15) is 13.2 Å². The Morgan fingerprint density at radius 2 is 2.00 bits per heavy atom.